The molecule has 0 fully saturated rings. The highest BCUT2D eigenvalue weighted by atomic mass is 16.6. The second kappa shape index (κ2) is 8.58. The highest BCUT2D eigenvalue weighted by Gasteiger charge is 2.17. The van der Waals surface area contributed by atoms with Crippen LogP contribution in [0, 0.1) is 17.0 Å². The smallest absolute Gasteiger partial charge is 0.273 e. The molecule has 25 heavy (non-hydrogen) atoms. The van der Waals surface area contributed by atoms with Gasteiger partial charge in [-0.3, -0.25) is 14.9 Å². The highest BCUT2D eigenvalue weighted by Crippen LogP contribution is 2.20. The number of nitrogens with one attached hydrogen (secondary N) is 1. The summed E-state index contributed by atoms with van der Waals surface area (Å²) in [5, 5.41) is 14.8. The van der Waals surface area contributed by atoms with Crippen LogP contribution in [0.3, 0.4) is 0 Å². The predicted molar refractivity (Wildman–Crippen MR) is 95.1 cm³/mol. The van der Waals surface area contributed by atoms with Crippen LogP contribution < -0.4 is 10.2 Å². The molecule has 2 aromatic carbocycles. The molecular weight excluding hydrogens is 322 g/mol. The van der Waals surface area contributed by atoms with E-state index in [1.807, 2.05) is 31.2 Å². The molecule has 0 saturated heterocycles. The lowest BCUT2D eigenvalue weighted by Crippen LogP contribution is -2.19. The lowest BCUT2D eigenvalue weighted by molar-refractivity contribution is -0.385. The van der Waals surface area contributed by atoms with Gasteiger partial charge in [-0.2, -0.15) is 5.10 Å². The number of hydrogen-bond donors (Lipinski definition) is 1. The summed E-state index contributed by atoms with van der Waals surface area (Å²) in [7, 11) is 0. The molecule has 0 atom stereocenters. The maximum Gasteiger partial charge on any atom is 0.273 e. The van der Waals surface area contributed by atoms with E-state index in [2.05, 4.69) is 10.5 Å². The molecule has 0 radical (unpaired) electrons. The summed E-state index contributed by atoms with van der Waals surface area (Å²) in [6.07, 6.45) is 2.43. The van der Waals surface area contributed by atoms with Gasteiger partial charge in [-0.15, -0.1) is 0 Å². The Morgan fingerprint density at radius 1 is 1.28 bits per heavy atom. The molecule has 0 bridgehead atoms. The van der Waals surface area contributed by atoms with E-state index < -0.39 is 10.8 Å². The Hall–Kier alpha value is -3.22. The van der Waals surface area contributed by atoms with Crippen LogP contribution in [-0.4, -0.2) is 23.7 Å². The fourth-order valence-corrected chi connectivity index (χ4v) is 2.16. The summed E-state index contributed by atoms with van der Waals surface area (Å²) in [4.78, 5) is 22.5. The number of carbonyl (C=O) groups is 1. The maximum absolute atomic E-state index is 12.1. The number of ether oxygens (including phenoxy) is 1. The lowest BCUT2D eigenvalue weighted by Gasteiger charge is -2.05. The number of hydrogen-bond acceptors (Lipinski definition) is 5. The molecule has 0 aliphatic rings. The molecule has 0 spiro atoms. The number of nitro groups is 1. The van der Waals surface area contributed by atoms with Crippen molar-refractivity contribution in [2.45, 2.75) is 20.3 Å². The van der Waals surface area contributed by atoms with Crippen molar-refractivity contribution in [3.05, 3.63) is 69.3 Å². The summed E-state index contributed by atoms with van der Waals surface area (Å²) in [5.74, 6) is 0.274. The second-order valence-electron chi connectivity index (χ2n) is 5.32. The van der Waals surface area contributed by atoms with Crippen LogP contribution in [0.25, 0.3) is 0 Å². The Morgan fingerprint density at radius 2 is 2.00 bits per heavy atom. The average molecular weight is 341 g/mol. The lowest BCUT2D eigenvalue weighted by atomic mass is 10.1. The maximum atomic E-state index is 12.1. The van der Waals surface area contributed by atoms with Crippen LogP contribution in [0.4, 0.5) is 5.69 Å². The van der Waals surface area contributed by atoms with E-state index in [-0.39, 0.29) is 11.3 Å². The third kappa shape index (κ3) is 4.87. The van der Waals surface area contributed by atoms with Crippen molar-refractivity contribution in [2.24, 2.45) is 5.10 Å². The first-order valence-electron chi connectivity index (χ1n) is 7.83. The van der Waals surface area contributed by atoms with Gasteiger partial charge in [0.1, 0.15) is 5.75 Å². The molecular formula is C18H19N3O4. The van der Waals surface area contributed by atoms with E-state index in [1.165, 1.54) is 31.3 Å². The third-order valence-corrected chi connectivity index (χ3v) is 3.48. The number of amides is 1. The van der Waals surface area contributed by atoms with Gasteiger partial charge in [-0.05, 0) is 49.2 Å². The Balaban J connectivity index is 2.01. The Kier molecular flexibility index (Phi) is 6.22. The van der Waals surface area contributed by atoms with Crippen molar-refractivity contribution in [2.75, 3.05) is 6.61 Å². The first-order valence-corrected chi connectivity index (χ1v) is 7.83. The molecule has 7 nitrogen and oxygen atoms in total. The predicted octanol–water partition coefficient (Wildman–Crippen LogP) is 3.46. The fraction of sp³-hybridized carbons (Fsp3) is 0.222. The Labute approximate surface area is 145 Å². The van der Waals surface area contributed by atoms with Crippen LogP contribution in [0.5, 0.6) is 5.75 Å². The first-order chi connectivity index (χ1) is 12.0. The van der Waals surface area contributed by atoms with E-state index in [9.17, 15) is 14.9 Å². The Morgan fingerprint density at radius 3 is 2.64 bits per heavy atom. The molecule has 0 aromatic heterocycles. The van der Waals surface area contributed by atoms with E-state index in [4.69, 9.17) is 4.74 Å². The van der Waals surface area contributed by atoms with E-state index in [1.54, 1.807) is 0 Å². The minimum absolute atomic E-state index is 0.0979. The summed E-state index contributed by atoms with van der Waals surface area (Å²) in [5.41, 5.74) is 3.59. The highest BCUT2D eigenvalue weighted by molar-refractivity contribution is 5.97. The standard InChI is InChI=1S/C18H19N3O4/c1-3-11-25-15-9-7-14(8-10-15)12-19-20-18(22)16-5-4-6-17(13(16)2)21(23)24/h4-10,12H,3,11H2,1-2H3,(H,20,22)/b19-12+. The van der Waals surface area contributed by atoms with Crippen molar-refractivity contribution in [1.29, 1.82) is 0 Å². The summed E-state index contributed by atoms with van der Waals surface area (Å²) in [6, 6.07) is 11.6. The van der Waals surface area contributed by atoms with Crippen LogP contribution in [-0.2, 0) is 0 Å². The van der Waals surface area contributed by atoms with Crippen molar-refractivity contribution in [3.63, 3.8) is 0 Å². The molecule has 0 heterocycles. The second-order valence-corrected chi connectivity index (χ2v) is 5.32. The zero-order valence-electron chi connectivity index (χ0n) is 14.1. The number of carbonyl (C=O) groups excluding carboxylic acids is 1. The summed E-state index contributed by atoms with van der Waals surface area (Å²) in [6.45, 7) is 4.23. The number of hydrazone groups is 1. The van der Waals surface area contributed by atoms with Crippen LogP contribution in [0.2, 0.25) is 0 Å². The SMILES string of the molecule is CCCOc1ccc(/C=N/NC(=O)c2cccc([N+](=O)[O-])c2C)cc1. The van der Waals surface area contributed by atoms with Crippen molar-refractivity contribution in [1.82, 2.24) is 5.43 Å². The Bertz CT molecular complexity index is 785. The van der Waals surface area contributed by atoms with Gasteiger partial charge in [0.25, 0.3) is 11.6 Å². The molecule has 0 saturated carbocycles. The molecule has 130 valence electrons. The number of benzene rings is 2. The molecule has 0 aliphatic heterocycles. The number of nitro benzene ring substituents is 1. The number of rotatable bonds is 7. The van der Waals surface area contributed by atoms with Gasteiger partial charge in [-0.25, -0.2) is 5.43 Å². The molecule has 2 aromatic rings. The molecule has 7 heteroatoms. The molecule has 0 unspecified atom stereocenters. The summed E-state index contributed by atoms with van der Waals surface area (Å²) < 4.78 is 5.49. The van der Waals surface area contributed by atoms with E-state index in [0.29, 0.717) is 12.2 Å². The molecule has 2 rings (SSSR count). The van der Waals surface area contributed by atoms with Crippen LogP contribution in [0.1, 0.15) is 34.8 Å². The quantitative estimate of drug-likeness (QED) is 0.474. The third-order valence-electron chi connectivity index (χ3n) is 3.48. The van der Waals surface area contributed by atoms with E-state index in [0.717, 1.165) is 17.7 Å². The van der Waals surface area contributed by atoms with Gasteiger partial charge in [0.2, 0.25) is 0 Å². The minimum atomic E-state index is -0.516. The fourth-order valence-electron chi connectivity index (χ4n) is 2.16. The topological polar surface area (TPSA) is 93.8 Å². The first kappa shape index (κ1) is 18.1. The van der Waals surface area contributed by atoms with Crippen molar-refractivity contribution in [3.8, 4) is 5.75 Å². The van der Waals surface area contributed by atoms with Gasteiger partial charge in [0.15, 0.2) is 0 Å². The van der Waals surface area contributed by atoms with Crippen molar-refractivity contribution >= 4 is 17.8 Å². The zero-order valence-corrected chi connectivity index (χ0v) is 14.1. The van der Waals surface area contributed by atoms with E-state index >= 15 is 0 Å². The van der Waals surface area contributed by atoms with Crippen LogP contribution >= 0.6 is 0 Å². The average Bonchev–Trinajstić information content (AvgIpc) is 2.60. The molecule has 0 aliphatic carbocycles. The number of nitrogens with zero attached hydrogens (tertiary/aromatic N) is 2. The van der Waals surface area contributed by atoms with Crippen LogP contribution in [0.15, 0.2) is 47.6 Å². The summed E-state index contributed by atoms with van der Waals surface area (Å²) >= 11 is 0. The molecule has 1 amide bonds. The van der Waals surface area contributed by atoms with Gasteiger partial charge in [-0.1, -0.05) is 13.0 Å². The van der Waals surface area contributed by atoms with Gasteiger partial charge >= 0.3 is 0 Å². The minimum Gasteiger partial charge on any atom is -0.494 e. The zero-order chi connectivity index (χ0) is 18.2. The largest absolute Gasteiger partial charge is 0.494 e. The van der Waals surface area contributed by atoms with Gasteiger partial charge in [0.05, 0.1) is 23.3 Å². The normalized spacial score (nSPS) is 10.6. The van der Waals surface area contributed by atoms with Crippen molar-refractivity contribution < 1.29 is 14.5 Å². The molecule has 1 N–H and O–H groups in total. The van der Waals surface area contributed by atoms with Gasteiger partial charge < -0.3 is 4.74 Å². The monoisotopic (exact) mass is 341 g/mol. The van der Waals surface area contributed by atoms with Gasteiger partial charge in [0, 0.05) is 11.6 Å².